The largest absolute Gasteiger partial charge is 0.425 e. The zero-order valence-electron chi connectivity index (χ0n) is 13.4. The molecule has 4 fully saturated rings. The first-order valence-electron chi connectivity index (χ1n) is 8.55. The molecule has 6 rings (SSSR count). The van der Waals surface area contributed by atoms with Crippen molar-refractivity contribution >= 4 is 27.1 Å². The summed E-state index contributed by atoms with van der Waals surface area (Å²) in [5, 5.41) is 2.31. The molecule has 8 heteroatoms. The summed E-state index contributed by atoms with van der Waals surface area (Å²) >= 11 is 0.768. The molecular weight excluding hydrogens is 351 g/mol. The number of rotatable bonds is 1. The van der Waals surface area contributed by atoms with Crippen LogP contribution in [0, 0.1) is 11.8 Å². The topological polar surface area (TPSA) is 36.5 Å². The van der Waals surface area contributed by atoms with Gasteiger partial charge in [0.15, 0.2) is 5.72 Å². The molecule has 4 nitrogen and oxygen atoms in total. The van der Waals surface area contributed by atoms with Crippen LogP contribution in [0.4, 0.5) is 18.9 Å². The Morgan fingerprint density at radius 3 is 2.64 bits per heavy atom. The van der Waals surface area contributed by atoms with Crippen LogP contribution in [0.3, 0.4) is 0 Å². The molecule has 0 amide bonds. The fraction of sp³-hybridized carbons (Fsp3) is 0.529. The number of hydrogen-bond donors (Lipinski definition) is 2. The molecule has 1 spiro atoms. The molecule has 2 aromatic rings. The monoisotopic (exact) mass is 369 g/mol. The second-order valence-corrected chi connectivity index (χ2v) is 8.37. The Kier molecular flexibility index (Phi) is 3.38. The second kappa shape index (κ2) is 5.33. The lowest BCUT2D eigenvalue weighted by Crippen LogP contribution is -2.57. The number of fused-ring (bicyclic) bond motifs is 3. The van der Waals surface area contributed by atoms with E-state index < -0.39 is 11.1 Å². The Bertz CT molecular complexity index is 815. The Morgan fingerprint density at radius 1 is 1.16 bits per heavy atom. The van der Waals surface area contributed by atoms with Gasteiger partial charge in [0.2, 0.25) is 0 Å². The maximum Gasteiger partial charge on any atom is 0.425 e. The van der Waals surface area contributed by atoms with Crippen molar-refractivity contribution in [2.75, 3.05) is 5.12 Å². The minimum absolute atomic E-state index is 0.386. The molecule has 1 saturated heterocycles. The van der Waals surface area contributed by atoms with Crippen molar-refractivity contribution in [1.29, 1.82) is 0 Å². The van der Waals surface area contributed by atoms with E-state index in [1.54, 1.807) is 23.3 Å². The summed E-state index contributed by atoms with van der Waals surface area (Å²) in [5.74, 6) is 1.16. The van der Waals surface area contributed by atoms with E-state index in [2.05, 4.69) is 11.0 Å². The molecule has 2 bridgehead atoms. The molecule has 134 valence electrons. The molecule has 4 aliphatic rings. The normalized spacial score (nSPS) is 32.2. The molecule has 2 heterocycles. The Morgan fingerprint density at radius 2 is 1.96 bits per heavy atom. The minimum Gasteiger partial charge on any atom is -0.257 e. The zero-order valence-corrected chi connectivity index (χ0v) is 14.2. The van der Waals surface area contributed by atoms with Crippen LogP contribution in [0.1, 0.15) is 37.0 Å². The number of benzene rings is 1. The van der Waals surface area contributed by atoms with Crippen LogP contribution in [0.15, 0.2) is 24.3 Å². The van der Waals surface area contributed by atoms with Gasteiger partial charge < -0.3 is 0 Å². The predicted octanol–water partition coefficient (Wildman–Crippen LogP) is 4.59. The third-order valence-corrected chi connectivity index (χ3v) is 6.90. The van der Waals surface area contributed by atoms with Crippen LogP contribution in [0.5, 0.6) is 0 Å². The van der Waals surface area contributed by atoms with E-state index >= 15 is 0 Å². The van der Waals surface area contributed by atoms with Crippen molar-refractivity contribution in [3.05, 3.63) is 29.1 Å². The average Bonchev–Trinajstić information content (AvgIpc) is 3.19. The van der Waals surface area contributed by atoms with Crippen molar-refractivity contribution in [2.24, 2.45) is 11.8 Å². The summed E-state index contributed by atoms with van der Waals surface area (Å²) < 4.78 is 39.3. The van der Waals surface area contributed by atoms with E-state index in [0.717, 1.165) is 36.3 Å². The number of anilines is 1. The minimum atomic E-state index is -4.30. The molecule has 0 unspecified atom stereocenters. The zero-order chi connectivity index (χ0) is 17.2. The number of nitrogens with one attached hydrogen (secondary N) is 2. The fourth-order valence-corrected chi connectivity index (χ4v) is 5.43. The highest BCUT2D eigenvalue weighted by molar-refractivity contribution is 7.19. The van der Waals surface area contributed by atoms with E-state index in [9.17, 15) is 13.2 Å². The van der Waals surface area contributed by atoms with Gasteiger partial charge in [0, 0.05) is 10.6 Å². The fourth-order valence-electron chi connectivity index (χ4n) is 4.47. The van der Waals surface area contributed by atoms with Gasteiger partial charge in [-0.25, -0.2) is 5.12 Å². The van der Waals surface area contributed by atoms with E-state index in [-0.39, 0.29) is 5.72 Å². The lowest BCUT2D eigenvalue weighted by molar-refractivity contribution is -0.153. The summed E-state index contributed by atoms with van der Waals surface area (Å²) in [6.07, 6.45) is 1.51. The molecule has 0 radical (unpaired) electrons. The SMILES string of the molecule is FC(F)(F)c1cc2ccc(N3NO[C@@]4(CC5CCC4CC5)N3)cc2s1. The van der Waals surface area contributed by atoms with Gasteiger partial charge in [0.1, 0.15) is 4.88 Å². The van der Waals surface area contributed by atoms with E-state index in [0.29, 0.717) is 21.9 Å². The Balaban J connectivity index is 1.42. The smallest absolute Gasteiger partial charge is 0.257 e. The van der Waals surface area contributed by atoms with Crippen LogP contribution in [-0.4, -0.2) is 5.72 Å². The first-order valence-corrected chi connectivity index (χ1v) is 9.37. The number of nitrogens with zero attached hydrogens (tertiary/aromatic N) is 1. The molecule has 25 heavy (non-hydrogen) atoms. The van der Waals surface area contributed by atoms with Crippen molar-refractivity contribution in [3.8, 4) is 0 Å². The predicted molar refractivity (Wildman–Crippen MR) is 89.5 cm³/mol. The summed E-state index contributed by atoms with van der Waals surface area (Å²) in [4.78, 5) is 5.37. The summed E-state index contributed by atoms with van der Waals surface area (Å²) in [7, 11) is 0. The van der Waals surface area contributed by atoms with Crippen molar-refractivity contribution in [2.45, 2.75) is 44.0 Å². The van der Waals surface area contributed by atoms with Crippen molar-refractivity contribution in [1.82, 2.24) is 11.0 Å². The lowest BCUT2D eigenvalue weighted by Gasteiger charge is -2.47. The van der Waals surface area contributed by atoms with E-state index in [4.69, 9.17) is 4.84 Å². The number of alkyl halides is 3. The maximum atomic E-state index is 12.9. The standard InChI is InChI=1S/C17H18F3N3OS/c18-17(19,20)15-7-11-3-6-13(8-14(11)25-15)23-21-16(24-22-23)9-10-1-4-12(16)5-2-10/h3,6-8,10,12,21-22H,1-2,4-5,9H2/t10?,12?,16-/m1/s1. The molecule has 3 aliphatic carbocycles. The molecule has 1 aromatic carbocycles. The van der Waals surface area contributed by atoms with E-state index in [1.807, 2.05) is 0 Å². The number of thiophene rings is 1. The van der Waals surface area contributed by atoms with Crippen LogP contribution in [0.25, 0.3) is 10.1 Å². The summed E-state index contributed by atoms with van der Waals surface area (Å²) in [6, 6.07) is 6.49. The van der Waals surface area contributed by atoms with Crippen LogP contribution in [-0.2, 0) is 11.0 Å². The molecule has 1 aliphatic heterocycles. The third kappa shape index (κ3) is 2.54. The maximum absolute atomic E-state index is 12.9. The van der Waals surface area contributed by atoms with Gasteiger partial charge in [-0.05, 0) is 61.6 Å². The van der Waals surface area contributed by atoms with Crippen molar-refractivity contribution in [3.63, 3.8) is 0 Å². The van der Waals surface area contributed by atoms with Crippen LogP contribution in [0.2, 0.25) is 0 Å². The number of halogens is 3. The van der Waals surface area contributed by atoms with Gasteiger partial charge in [-0.2, -0.15) is 18.6 Å². The first-order chi connectivity index (χ1) is 11.9. The van der Waals surface area contributed by atoms with Gasteiger partial charge in [-0.1, -0.05) is 11.7 Å². The highest BCUT2D eigenvalue weighted by atomic mass is 32.1. The highest BCUT2D eigenvalue weighted by Gasteiger charge is 2.53. The lowest BCUT2D eigenvalue weighted by atomic mass is 9.66. The van der Waals surface area contributed by atoms with Gasteiger partial charge in [0.05, 0.1) is 5.69 Å². The Hall–Kier alpha value is -1.35. The Labute approximate surface area is 146 Å². The highest BCUT2D eigenvalue weighted by Crippen LogP contribution is 2.49. The quantitative estimate of drug-likeness (QED) is 0.771. The van der Waals surface area contributed by atoms with Gasteiger partial charge in [-0.3, -0.25) is 4.84 Å². The van der Waals surface area contributed by atoms with Gasteiger partial charge in [0.25, 0.3) is 0 Å². The number of hydrogen-bond acceptors (Lipinski definition) is 5. The molecule has 1 aromatic heterocycles. The van der Waals surface area contributed by atoms with E-state index in [1.165, 1.54) is 18.9 Å². The second-order valence-electron chi connectivity index (χ2n) is 7.28. The summed E-state index contributed by atoms with van der Waals surface area (Å²) in [5.41, 5.74) is 6.73. The number of hydrazine groups is 2. The molecule has 3 saturated carbocycles. The molecular formula is C17H18F3N3OS. The van der Waals surface area contributed by atoms with Gasteiger partial charge in [-0.15, -0.1) is 11.3 Å². The first kappa shape index (κ1) is 15.9. The van der Waals surface area contributed by atoms with Crippen LogP contribution < -0.4 is 16.1 Å². The molecule has 1 atom stereocenters. The average molecular weight is 369 g/mol. The molecule has 2 N–H and O–H groups in total. The third-order valence-electron chi connectivity index (χ3n) is 5.76. The van der Waals surface area contributed by atoms with Crippen molar-refractivity contribution < 1.29 is 18.0 Å². The van der Waals surface area contributed by atoms with Crippen LogP contribution >= 0.6 is 11.3 Å². The summed E-state index contributed by atoms with van der Waals surface area (Å²) in [6.45, 7) is 0. The van der Waals surface area contributed by atoms with Gasteiger partial charge >= 0.3 is 6.18 Å².